The highest BCUT2D eigenvalue weighted by Gasteiger charge is 2.31. The van der Waals surface area contributed by atoms with Crippen LogP contribution in [0.3, 0.4) is 0 Å². The third-order valence-electron chi connectivity index (χ3n) is 2.30. The summed E-state index contributed by atoms with van der Waals surface area (Å²) in [6.07, 6.45) is -1.12. The van der Waals surface area contributed by atoms with Gasteiger partial charge in [0.1, 0.15) is 6.54 Å². The molecule has 2 amide bonds. The van der Waals surface area contributed by atoms with Crippen molar-refractivity contribution in [2.45, 2.75) is 13.0 Å². The van der Waals surface area contributed by atoms with E-state index in [-0.39, 0.29) is 24.5 Å². The maximum Gasteiger partial charge on any atom is 0.322 e. The normalized spacial score (nSPS) is 18.4. The number of aliphatic hydroxyl groups excluding tert-OH is 2. The molecule has 0 bridgehead atoms. The van der Waals surface area contributed by atoms with Crippen molar-refractivity contribution in [3.05, 3.63) is 21.5 Å². The predicted octanol–water partition coefficient (Wildman–Crippen LogP) is -1.13. The second-order valence-corrected chi connectivity index (χ2v) is 3.39. The fraction of sp³-hybridized carbons (Fsp3) is 0.625. The van der Waals surface area contributed by atoms with E-state index >= 15 is 0 Å². The molecule has 0 spiro atoms. The highest BCUT2D eigenvalue weighted by Crippen LogP contribution is 2.15. The van der Waals surface area contributed by atoms with E-state index in [4.69, 9.17) is 5.11 Å². The van der Waals surface area contributed by atoms with Crippen molar-refractivity contribution in [1.29, 1.82) is 0 Å². The minimum atomic E-state index is -1.12. The molecule has 0 fully saturated rings. The highest BCUT2D eigenvalue weighted by molar-refractivity contribution is 5.77. The fourth-order valence-corrected chi connectivity index (χ4v) is 1.38. The van der Waals surface area contributed by atoms with E-state index in [1.54, 1.807) is 0 Å². The number of amides is 2. The van der Waals surface area contributed by atoms with Crippen LogP contribution >= 0.6 is 0 Å². The van der Waals surface area contributed by atoms with Gasteiger partial charge in [0.25, 0.3) is 5.70 Å². The Bertz CT molecular complexity index is 341. The van der Waals surface area contributed by atoms with E-state index in [2.05, 4.69) is 5.32 Å². The number of aliphatic hydroxyl groups is 2. The number of rotatable bonds is 4. The van der Waals surface area contributed by atoms with Gasteiger partial charge in [-0.2, -0.15) is 0 Å². The largest absolute Gasteiger partial charge is 0.394 e. The minimum Gasteiger partial charge on any atom is -0.394 e. The molecule has 3 N–H and O–H groups in total. The molecule has 90 valence electrons. The van der Waals surface area contributed by atoms with Gasteiger partial charge in [-0.3, -0.25) is 15.0 Å². The van der Waals surface area contributed by atoms with Crippen LogP contribution in [0.25, 0.3) is 0 Å². The zero-order chi connectivity index (χ0) is 12.3. The Labute approximate surface area is 91.3 Å². The average Bonchev–Trinajstić information content (AvgIpc) is 2.23. The van der Waals surface area contributed by atoms with Gasteiger partial charge in [-0.15, -0.1) is 0 Å². The van der Waals surface area contributed by atoms with Gasteiger partial charge in [0.05, 0.1) is 29.9 Å². The minimum absolute atomic E-state index is 0.121. The molecule has 8 nitrogen and oxygen atoms in total. The molecule has 8 heteroatoms. The zero-order valence-corrected chi connectivity index (χ0v) is 8.71. The number of nitrogens with zero attached hydrogens (tertiary/aromatic N) is 2. The fourth-order valence-electron chi connectivity index (χ4n) is 1.38. The summed E-state index contributed by atoms with van der Waals surface area (Å²) in [4.78, 5) is 22.5. The molecule has 0 aromatic rings. The zero-order valence-electron chi connectivity index (χ0n) is 8.71. The first-order chi connectivity index (χ1) is 7.47. The van der Waals surface area contributed by atoms with Crippen LogP contribution in [0, 0.1) is 10.1 Å². The van der Waals surface area contributed by atoms with Crippen LogP contribution in [0.4, 0.5) is 4.79 Å². The van der Waals surface area contributed by atoms with Gasteiger partial charge in [0, 0.05) is 0 Å². The molecule has 0 saturated carbocycles. The van der Waals surface area contributed by atoms with Crippen molar-refractivity contribution >= 4 is 6.03 Å². The van der Waals surface area contributed by atoms with E-state index in [0.29, 0.717) is 0 Å². The van der Waals surface area contributed by atoms with Crippen LogP contribution in [0.2, 0.25) is 0 Å². The van der Waals surface area contributed by atoms with Crippen LogP contribution in [0.1, 0.15) is 6.92 Å². The molecule has 0 saturated heterocycles. The number of hydrogen-bond acceptors (Lipinski definition) is 5. The average molecular weight is 231 g/mol. The van der Waals surface area contributed by atoms with Gasteiger partial charge in [-0.25, -0.2) is 4.79 Å². The lowest BCUT2D eigenvalue weighted by atomic mass is 10.2. The molecule has 1 atom stereocenters. The molecule has 1 aliphatic heterocycles. The molecular formula is C8H13N3O5. The number of urea groups is 1. The Morgan fingerprint density at radius 2 is 2.31 bits per heavy atom. The molecule has 0 radical (unpaired) electrons. The number of carbonyl (C=O) groups is 1. The van der Waals surface area contributed by atoms with Gasteiger partial charge in [0.2, 0.25) is 0 Å². The number of β-amino-alcohol motifs (C(OH)–C–C–N with tert-alkyl or cyclic N) is 1. The van der Waals surface area contributed by atoms with Crippen molar-refractivity contribution in [3.63, 3.8) is 0 Å². The van der Waals surface area contributed by atoms with E-state index in [0.717, 1.165) is 4.90 Å². The Kier molecular flexibility index (Phi) is 3.80. The topological polar surface area (TPSA) is 116 Å². The summed E-state index contributed by atoms with van der Waals surface area (Å²) in [5.41, 5.74) is 0.0611. The molecule has 1 aliphatic rings. The summed E-state index contributed by atoms with van der Waals surface area (Å²) in [6.45, 7) is 0.612. The van der Waals surface area contributed by atoms with Crippen molar-refractivity contribution in [3.8, 4) is 0 Å². The third kappa shape index (κ3) is 2.47. The second kappa shape index (κ2) is 4.90. The first kappa shape index (κ1) is 12.4. The van der Waals surface area contributed by atoms with Crippen molar-refractivity contribution in [2.24, 2.45) is 0 Å². The van der Waals surface area contributed by atoms with Crippen molar-refractivity contribution in [1.82, 2.24) is 10.2 Å². The van der Waals surface area contributed by atoms with E-state index in [9.17, 15) is 20.0 Å². The van der Waals surface area contributed by atoms with Gasteiger partial charge in [0.15, 0.2) is 0 Å². The molecule has 1 rings (SSSR count). The second-order valence-electron chi connectivity index (χ2n) is 3.39. The van der Waals surface area contributed by atoms with Crippen LogP contribution in [-0.2, 0) is 0 Å². The van der Waals surface area contributed by atoms with Gasteiger partial charge >= 0.3 is 6.03 Å². The lowest BCUT2D eigenvalue weighted by Gasteiger charge is -2.28. The lowest BCUT2D eigenvalue weighted by molar-refractivity contribution is -0.428. The Morgan fingerprint density at radius 3 is 2.81 bits per heavy atom. The SMILES string of the molecule is CC1=C([N+](=O)[O-])CNC(=O)N1CC(O)CO. The highest BCUT2D eigenvalue weighted by atomic mass is 16.6. The summed E-state index contributed by atoms with van der Waals surface area (Å²) in [5, 5.41) is 30.8. The van der Waals surface area contributed by atoms with Crippen LogP contribution in [0.5, 0.6) is 0 Å². The Morgan fingerprint density at radius 1 is 1.69 bits per heavy atom. The summed E-state index contributed by atoms with van der Waals surface area (Å²) in [7, 11) is 0. The van der Waals surface area contributed by atoms with Gasteiger partial charge in [-0.05, 0) is 6.92 Å². The quantitative estimate of drug-likeness (QED) is 0.418. The van der Waals surface area contributed by atoms with Crippen molar-refractivity contribution < 1.29 is 19.9 Å². The van der Waals surface area contributed by atoms with Crippen LogP contribution in [0.15, 0.2) is 11.4 Å². The monoisotopic (exact) mass is 231 g/mol. The Hall–Kier alpha value is -1.67. The van der Waals surface area contributed by atoms with Gasteiger partial charge in [-0.1, -0.05) is 0 Å². The molecule has 0 aromatic heterocycles. The van der Waals surface area contributed by atoms with E-state index < -0.39 is 23.7 Å². The molecule has 0 aliphatic carbocycles. The number of hydrogen-bond donors (Lipinski definition) is 3. The predicted molar refractivity (Wildman–Crippen MR) is 52.9 cm³/mol. The molecular weight excluding hydrogens is 218 g/mol. The van der Waals surface area contributed by atoms with Crippen molar-refractivity contribution in [2.75, 3.05) is 19.7 Å². The third-order valence-corrected chi connectivity index (χ3v) is 2.30. The van der Waals surface area contributed by atoms with E-state index in [1.807, 2.05) is 0 Å². The van der Waals surface area contributed by atoms with Crippen LogP contribution < -0.4 is 5.32 Å². The maximum atomic E-state index is 11.4. The molecule has 1 heterocycles. The Balaban J connectivity index is 2.91. The summed E-state index contributed by atoms with van der Waals surface area (Å²) < 4.78 is 0. The van der Waals surface area contributed by atoms with Gasteiger partial charge < -0.3 is 15.5 Å². The smallest absolute Gasteiger partial charge is 0.322 e. The lowest BCUT2D eigenvalue weighted by Crippen LogP contribution is -2.49. The molecule has 0 aromatic carbocycles. The maximum absolute atomic E-state index is 11.4. The number of allylic oxidation sites excluding steroid dienone is 1. The summed E-state index contributed by atoms with van der Waals surface area (Å²) in [6, 6.07) is -0.518. The summed E-state index contributed by atoms with van der Waals surface area (Å²) in [5.74, 6) is 0. The molecule has 1 unspecified atom stereocenters. The first-order valence-corrected chi connectivity index (χ1v) is 4.65. The number of nitro groups is 1. The summed E-state index contributed by atoms with van der Waals surface area (Å²) >= 11 is 0. The van der Waals surface area contributed by atoms with E-state index in [1.165, 1.54) is 6.92 Å². The standard InChI is InChI=1S/C8H13N3O5/c1-5-7(11(15)16)2-9-8(14)10(5)3-6(13)4-12/h6,12-13H,2-4H2,1H3,(H,9,14). The number of nitrogens with one attached hydrogen (secondary N) is 1. The first-order valence-electron chi connectivity index (χ1n) is 4.65. The van der Waals surface area contributed by atoms with Crippen LogP contribution in [-0.4, -0.2) is 51.9 Å². The number of carbonyl (C=O) groups excluding carboxylic acids is 1. The molecule has 16 heavy (non-hydrogen) atoms.